The highest BCUT2D eigenvalue weighted by atomic mass is 19.4. The Kier molecular flexibility index (Phi) is 6.89. The number of imidazole rings is 1. The molecule has 0 bridgehead atoms. The lowest BCUT2D eigenvalue weighted by atomic mass is 10.1. The van der Waals surface area contributed by atoms with E-state index < -0.39 is 6.36 Å². The number of alkyl halides is 3. The van der Waals surface area contributed by atoms with Gasteiger partial charge in [-0.2, -0.15) is 0 Å². The van der Waals surface area contributed by atoms with Gasteiger partial charge in [-0.25, -0.2) is 9.50 Å². The number of ether oxygens (including phenoxy) is 3. The highest BCUT2D eigenvalue weighted by Crippen LogP contribution is 2.29. The predicted octanol–water partition coefficient (Wildman–Crippen LogP) is 3.73. The largest absolute Gasteiger partial charge is 0.573 e. The monoisotopic (exact) mass is 465 g/mol. The molecule has 1 fully saturated rings. The van der Waals surface area contributed by atoms with Crippen LogP contribution in [0.25, 0.3) is 5.65 Å². The molecule has 33 heavy (non-hydrogen) atoms. The van der Waals surface area contributed by atoms with Gasteiger partial charge in [-0.05, 0) is 12.0 Å². The van der Waals surface area contributed by atoms with E-state index in [1.165, 1.54) is 12.1 Å². The maximum atomic E-state index is 12.8. The number of hydrogen-bond acceptors (Lipinski definition) is 7. The van der Waals surface area contributed by atoms with Crippen LogP contribution < -0.4 is 20.1 Å². The standard InChI is InChI=1S/C22H26F3N5O3/c1-14(2)18-12-28-21-17(27-10-15-5-3-4-6-19(15)33-22(23,24)25)9-20(29-30(18)21)32-13-16-11-26-7-8-31-16/h3-6,9,12,14,16,26-27H,7-8,10-11,13H2,1-2H3/t16-/m0/s1. The summed E-state index contributed by atoms with van der Waals surface area (Å²) >= 11 is 0. The van der Waals surface area contributed by atoms with E-state index in [9.17, 15) is 13.2 Å². The van der Waals surface area contributed by atoms with Gasteiger partial charge in [0, 0.05) is 31.3 Å². The van der Waals surface area contributed by atoms with Crippen LogP contribution in [0.2, 0.25) is 0 Å². The van der Waals surface area contributed by atoms with Crippen LogP contribution in [0.15, 0.2) is 36.5 Å². The van der Waals surface area contributed by atoms with Crippen molar-refractivity contribution in [3.05, 3.63) is 47.8 Å². The Labute approximate surface area is 189 Å². The van der Waals surface area contributed by atoms with Crippen LogP contribution in [0, 0.1) is 0 Å². The Morgan fingerprint density at radius 1 is 1.30 bits per heavy atom. The highest BCUT2D eigenvalue weighted by molar-refractivity contribution is 5.69. The number of halogens is 3. The molecule has 1 saturated heterocycles. The predicted molar refractivity (Wildman–Crippen MR) is 116 cm³/mol. The van der Waals surface area contributed by atoms with Crippen LogP contribution in [-0.4, -0.2) is 53.4 Å². The van der Waals surface area contributed by atoms with Gasteiger partial charge < -0.3 is 24.8 Å². The lowest BCUT2D eigenvalue weighted by molar-refractivity contribution is -0.274. The van der Waals surface area contributed by atoms with Crippen LogP contribution in [0.4, 0.5) is 18.9 Å². The second-order valence-corrected chi connectivity index (χ2v) is 7.99. The molecule has 3 heterocycles. The molecule has 8 nitrogen and oxygen atoms in total. The number of anilines is 1. The van der Waals surface area contributed by atoms with E-state index in [2.05, 4.69) is 25.5 Å². The molecule has 0 spiro atoms. The summed E-state index contributed by atoms with van der Waals surface area (Å²) in [5.74, 6) is 0.258. The fraction of sp³-hybridized carbons (Fsp3) is 0.455. The first-order valence-electron chi connectivity index (χ1n) is 10.7. The maximum absolute atomic E-state index is 12.8. The molecule has 4 rings (SSSR count). The van der Waals surface area contributed by atoms with E-state index in [1.807, 2.05) is 13.8 Å². The van der Waals surface area contributed by atoms with E-state index in [-0.39, 0.29) is 24.3 Å². The summed E-state index contributed by atoms with van der Waals surface area (Å²) in [7, 11) is 0. The lowest BCUT2D eigenvalue weighted by Crippen LogP contribution is -2.41. The number of benzene rings is 1. The first kappa shape index (κ1) is 23.1. The van der Waals surface area contributed by atoms with E-state index >= 15 is 0 Å². The second-order valence-electron chi connectivity index (χ2n) is 7.99. The SMILES string of the molecule is CC(C)c1cnc2c(NCc3ccccc3OC(F)(F)F)cc(OC[C@@H]3CNCCO3)nn12. The number of nitrogens with one attached hydrogen (secondary N) is 2. The van der Waals surface area contributed by atoms with Gasteiger partial charge in [0.05, 0.1) is 24.2 Å². The average molecular weight is 465 g/mol. The van der Waals surface area contributed by atoms with Gasteiger partial charge in [-0.3, -0.25) is 0 Å². The summed E-state index contributed by atoms with van der Waals surface area (Å²) < 4.78 is 55.7. The molecule has 1 aliphatic heterocycles. The summed E-state index contributed by atoms with van der Waals surface area (Å²) in [4.78, 5) is 4.46. The van der Waals surface area contributed by atoms with E-state index in [1.54, 1.807) is 28.9 Å². The Bertz CT molecular complexity index is 1080. The minimum atomic E-state index is -4.77. The quantitative estimate of drug-likeness (QED) is 0.525. The molecular formula is C22H26F3N5O3. The van der Waals surface area contributed by atoms with Gasteiger partial charge in [0.2, 0.25) is 5.88 Å². The fourth-order valence-corrected chi connectivity index (χ4v) is 3.53. The Balaban J connectivity index is 1.58. The molecular weight excluding hydrogens is 439 g/mol. The van der Waals surface area contributed by atoms with Crippen molar-refractivity contribution in [1.82, 2.24) is 19.9 Å². The van der Waals surface area contributed by atoms with Gasteiger partial charge >= 0.3 is 6.36 Å². The third-order valence-electron chi connectivity index (χ3n) is 5.15. The number of morpholine rings is 1. The summed E-state index contributed by atoms with van der Waals surface area (Å²) in [6.45, 7) is 6.57. The van der Waals surface area contributed by atoms with Crippen LogP contribution in [0.5, 0.6) is 11.6 Å². The van der Waals surface area contributed by atoms with Crippen LogP contribution in [0.1, 0.15) is 31.0 Å². The van der Waals surface area contributed by atoms with Crippen LogP contribution >= 0.6 is 0 Å². The highest BCUT2D eigenvalue weighted by Gasteiger charge is 2.32. The molecule has 1 atom stereocenters. The minimum Gasteiger partial charge on any atom is -0.474 e. The fourth-order valence-electron chi connectivity index (χ4n) is 3.53. The normalized spacial score (nSPS) is 16.8. The van der Waals surface area contributed by atoms with Crippen molar-refractivity contribution in [2.75, 3.05) is 31.6 Å². The van der Waals surface area contributed by atoms with Gasteiger partial charge in [0.15, 0.2) is 5.65 Å². The molecule has 11 heteroatoms. The number of para-hydroxylation sites is 1. The van der Waals surface area contributed by atoms with Crippen molar-refractivity contribution < 1.29 is 27.4 Å². The maximum Gasteiger partial charge on any atom is 0.573 e. The van der Waals surface area contributed by atoms with E-state index in [0.717, 1.165) is 12.2 Å². The molecule has 0 amide bonds. The molecule has 2 N–H and O–H groups in total. The van der Waals surface area contributed by atoms with Gasteiger partial charge in [-0.15, -0.1) is 18.3 Å². The Morgan fingerprint density at radius 2 is 2.12 bits per heavy atom. The van der Waals surface area contributed by atoms with E-state index in [0.29, 0.717) is 42.5 Å². The van der Waals surface area contributed by atoms with E-state index in [4.69, 9.17) is 9.47 Å². The third-order valence-corrected chi connectivity index (χ3v) is 5.15. The molecule has 0 radical (unpaired) electrons. The summed E-state index contributed by atoms with van der Waals surface area (Å²) in [5.41, 5.74) is 2.37. The number of fused-ring (bicyclic) bond motifs is 1. The van der Waals surface area contributed by atoms with Crippen LogP contribution in [0.3, 0.4) is 0 Å². The van der Waals surface area contributed by atoms with Crippen LogP contribution in [-0.2, 0) is 11.3 Å². The molecule has 1 aromatic carbocycles. The zero-order valence-electron chi connectivity index (χ0n) is 18.4. The van der Waals surface area contributed by atoms with Gasteiger partial charge in [0.25, 0.3) is 0 Å². The van der Waals surface area contributed by atoms with Crippen molar-refractivity contribution in [2.45, 2.75) is 38.8 Å². The summed E-state index contributed by atoms with van der Waals surface area (Å²) in [6, 6.07) is 7.69. The van der Waals surface area contributed by atoms with Crippen molar-refractivity contribution in [1.29, 1.82) is 0 Å². The van der Waals surface area contributed by atoms with Gasteiger partial charge in [0.1, 0.15) is 18.5 Å². The third kappa shape index (κ3) is 5.85. The number of hydrogen-bond donors (Lipinski definition) is 2. The molecule has 178 valence electrons. The summed E-state index contributed by atoms with van der Waals surface area (Å²) in [6.07, 6.45) is -3.13. The first-order chi connectivity index (χ1) is 15.8. The summed E-state index contributed by atoms with van der Waals surface area (Å²) in [5, 5.41) is 11.0. The molecule has 0 unspecified atom stereocenters. The van der Waals surface area contributed by atoms with Crippen molar-refractivity contribution >= 4 is 11.3 Å². The zero-order valence-corrected chi connectivity index (χ0v) is 18.4. The average Bonchev–Trinajstić information content (AvgIpc) is 3.21. The van der Waals surface area contributed by atoms with Crippen molar-refractivity contribution in [3.63, 3.8) is 0 Å². The molecule has 0 aliphatic carbocycles. The number of aromatic nitrogens is 3. The van der Waals surface area contributed by atoms with Crippen molar-refractivity contribution in [3.8, 4) is 11.6 Å². The Hall–Kier alpha value is -3.05. The second kappa shape index (κ2) is 9.84. The molecule has 2 aromatic heterocycles. The number of rotatable bonds is 8. The Morgan fingerprint density at radius 3 is 2.85 bits per heavy atom. The molecule has 1 aliphatic rings. The number of nitrogens with zero attached hydrogens (tertiary/aromatic N) is 3. The molecule has 0 saturated carbocycles. The lowest BCUT2D eigenvalue weighted by Gasteiger charge is -2.23. The molecule has 3 aromatic rings. The van der Waals surface area contributed by atoms with Gasteiger partial charge in [-0.1, -0.05) is 32.0 Å². The smallest absolute Gasteiger partial charge is 0.474 e. The zero-order chi connectivity index (χ0) is 23.4. The first-order valence-corrected chi connectivity index (χ1v) is 10.7. The topological polar surface area (TPSA) is 81.9 Å². The van der Waals surface area contributed by atoms with Crippen molar-refractivity contribution in [2.24, 2.45) is 0 Å². The minimum absolute atomic E-state index is 0.0882.